The third-order valence-electron chi connectivity index (χ3n) is 8.54. The zero-order valence-electron chi connectivity index (χ0n) is 23.8. The molecule has 1 aromatic carbocycles. The van der Waals surface area contributed by atoms with Crippen LogP contribution in [0.3, 0.4) is 0 Å². The fraction of sp³-hybridized carbons (Fsp3) is 0.607. The number of rotatable bonds is 8. The maximum absolute atomic E-state index is 14.1. The minimum absolute atomic E-state index is 0.0240. The maximum Gasteiger partial charge on any atom is 0.296 e. The summed E-state index contributed by atoms with van der Waals surface area (Å²) < 4.78 is 64.2. The molecule has 4 heterocycles. The van der Waals surface area contributed by atoms with Crippen LogP contribution in [0.15, 0.2) is 30.3 Å². The molecule has 2 N–H and O–H groups in total. The monoisotopic (exact) mass is 604 g/mol. The Balaban J connectivity index is 1.21. The number of sulfonamides is 1. The fourth-order valence-corrected chi connectivity index (χ4v) is 7.87. The third-order valence-corrected chi connectivity index (χ3v) is 10.6. The number of piperidine rings is 1. The Morgan fingerprint density at radius 3 is 2.29 bits per heavy atom. The van der Waals surface area contributed by atoms with Crippen molar-refractivity contribution in [2.24, 2.45) is 0 Å². The highest BCUT2D eigenvalue weighted by atomic mass is 32.2. The summed E-state index contributed by atoms with van der Waals surface area (Å²) in [5.74, 6) is 0.925. The van der Waals surface area contributed by atoms with Gasteiger partial charge in [-0.1, -0.05) is 12.1 Å². The number of benzene rings is 1. The van der Waals surface area contributed by atoms with Gasteiger partial charge in [0.2, 0.25) is 16.0 Å². The van der Waals surface area contributed by atoms with Crippen LogP contribution >= 0.6 is 0 Å². The second-order valence-electron chi connectivity index (χ2n) is 11.5. The van der Waals surface area contributed by atoms with Gasteiger partial charge in [-0.2, -0.15) is 9.97 Å². The van der Waals surface area contributed by atoms with Crippen LogP contribution in [0, 0.1) is 0 Å². The van der Waals surface area contributed by atoms with E-state index in [-0.39, 0.29) is 23.2 Å². The highest BCUT2D eigenvalue weighted by molar-refractivity contribution is 7.90. The van der Waals surface area contributed by atoms with Gasteiger partial charge in [-0.25, -0.2) is 26.9 Å². The first kappa shape index (κ1) is 29.1. The van der Waals surface area contributed by atoms with Crippen molar-refractivity contribution in [2.45, 2.75) is 62.3 Å². The summed E-state index contributed by atoms with van der Waals surface area (Å²) in [6.45, 7) is 3.95. The number of para-hydroxylation sites is 2. The number of halogens is 2. The Kier molecular flexibility index (Phi) is 8.57. The lowest BCUT2D eigenvalue weighted by molar-refractivity contribution is 0.122. The van der Waals surface area contributed by atoms with E-state index in [0.717, 1.165) is 25.9 Å². The van der Waals surface area contributed by atoms with Crippen molar-refractivity contribution >= 4 is 32.8 Å². The van der Waals surface area contributed by atoms with Crippen LogP contribution in [0.4, 0.5) is 20.5 Å². The Morgan fingerprint density at radius 1 is 0.905 bits per heavy atom. The number of aromatic nitrogens is 4. The number of nitrogens with one attached hydrogen (secondary N) is 2. The standard InChI is InChI=1S/C28H38F2N8O3S/c1-36-12-10-21(11-13-36)42(39,40)35-20-8-6-19(7-9-20)31-28-33-24(37-14-16-41-17-15-37)18-25(34-28)38-23-5-3-2-4-22(23)32-27(38)26(29)30/h2-5,18-21,26,35H,6-17H2,1H3,(H,31,33,34). The van der Waals surface area contributed by atoms with Gasteiger partial charge in [0, 0.05) is 31.2 Å². The molecule has 2 saturated heterocycles. The van der Waals surface area contributed by atoms with Gasteiger partial charge in [-0.15, -0.1) is 0 Å². The Hall–Kier alpha value is -2.94. The van der Waals surface area contributed by atoms with Crippen LogP contribution < -0.4 is 14.9 Å². The number of hydrogen-bond acceptors (Lipinski definition) is 9. The molecule has 2 aliphatic heterocycles. The molecule has 42 heavy (non-hydrogen) atoms. The van der Waals surface area contributed by atoms with Crippen LogP contribution in [0.5, 0.6) is 0 Å². The lowest BCUT2D eigenvalue weighted by atomic mass is 9.92. The van der Waals surface area contributed by atoms with Crippen molar-refractivity contribution in [2.75, 3.05) is 56.7 Å². The number of hydrogen-bond donors (Lipinski definition) is 2. The predicted molar refractivity (Wildman–Crippen MR) is 157 cm³/mol. The molecule has 14 heteroatoms. The molecule has 6 rings (SSSR count). The van der Waals surface area contributed by atoms with E-state index in [4.69, 9.17) is 14.7 Å². The molecule has 0 bridgehead atoms. The number of nitrogens with zero attached hydrogens (tertiary/aromatic N) is 6. The van der Waals surface area contributed by atoms with E-state index < -0.39 is 16.4 Å². The Bertz CT molecular complexity index is 1480. The lowest BCUT2D eigenvalue weighted by Gasteiger charge is -2.33. The summed E-state index contributed by atoms with van der Waals surface area (Å²) in [6, 6.07) is 8.67. The van der Waals surface area contributed by atoms with Gasteiger partial charge >= 0.3 is 0 Å². The molecule has 0 radical (unpaired) electrons. The molecule has 0 atom stereocenters. The number of ether oxygens (including phenoxy) is 1. The quantitative estimate of drug-likeness (QED) is 0.399. The molecule has 3 fully saturated rings. The number of alkyl halides is 2. The van der Waals surface area contributed by atoms with Crippen LogP contribution in [-0.2, 0) is 14.8 Å². The average Bonchev–Trinajstić information content (AvgIpc) is 3.39. The van der Waals surface area contributed by atoms with E-state index in [2.05, 4.69) is 24.8 Å². The highest BCUT2D eigenvalue weighted by Crippen LogP contribution is 2.30. The van der Waals surface area contributed by atoms with Gasteiger partial charge < -0.3 is 19.9 Å². The van der Waals surface area contributed by atoms with E-state index in [1.165, 1.54) is 4.57 Å². The molecular formula is C28H38F2N8O3S. The smallest absolute Gasteiger partial charge is 0.296 e. The molecular weight excluding hydrogens is 566 g/mol. The number of likely N-dealkylation sites (tertiary alicyclic amines) is 1. The first-order valence-corrected chi connectivity index (χ1v) is 16.3. The zero-order chi connectivity index (χ0) is 29.3. The molecule has 1 aliphatic carbocycles. The first-order valence-electron chi connectivity index (χ1n) is 14.7. The van der Waals surface area contributed by atoms with Gasteiger partial charge in [-0.05, 0) is 70.8 Å². The SMILES string of the molecule is CN1CCC(S(=O)(=O)NC2CCC(Nc3nc(N4CCOCC4)cc(-n4c(C(F)F)nc5ccccc54)n3)CC2)CC1. The minimum Gasteiger partial charge on any atom is -0.378 e. The van der Waals surface area contributed by atoms with Gasteiger partial charge in [0.05, 0.1) is 29.5 Å². The van der Waals surface area contributed by atoms with E-state index in [1.807, 2.05) is 7.05 Å². The lowest BCUT2D eigenvalue weighted by Crippen LogP contribution is -2.47. The summed E-state index contributed by atoms with van der Waals surface area (Å²) in [4.78, 5) is 17.9. The van der Waals surface area contributed by atoms with E-state index in [1.54, 1.807) is 30.3 Å². The predicted octanol–water partition coefficient (Wildman–Crippen LogP) is 3.33. The summed E-state index contributed by atoms with van der Waals surface area (Å²) in [6.07, 6.45) is 1.38. The normalized spacial score (nSPS) is 23.1. The van der Waals surface area contributed by atoms with Crippen LogP contribution in [-0.4, -0.2) is 96.6 Å². The van der Waals surface area contributed by atoms with Crippen molar-refractivity contribution < 1.29 is 21.9 Å². The number of anilines is 2. The summed E-state index contributed by atoms with van der Waals surface area (Å²) in [5.41, 5.74) is 1.01. The van der Waals surface area contributed by atoms with Crippen LogP contribution in [0.1, 0.15) is 50.8 Å². The van der Waals surface area contributed by atoms with Gasteiger partial charge in [-0.3, -0.25) is 4.57 Å². The maximum atomic E-state index is 14.1. The van der Waals surface area contributed by atoms with Crippen molar-refractivity contribution in [3.63, 3.8) is 0 Å². The topological polar surface area (TPSA) is 118 Å². The summed E-state index contributed by atoms with van der Waals surface area (Å²) >= 11 is 0. The summed E-state index contributed by atoms with van der Waals surface area (Å²) in [7, 11) is -1.35. The molecule has 3 aromatic rings. The molecule has 0 spiro atoms. The average molecular weight is 605 g/mol. The van der Waals surface area contributed by atoms with E-state index >= 15 is 0 Å². The molecule has 0 amide bonds. The van der Waals surface area contributed by atoms with E-state index in [0.29, 0.717) is 80.6 Å². The van der Waals surface area contributed by atoms with Crippen molar-refractivity contribution in [1.82, 2.24) is 29.1 Å². The molecule has 1 saturated carbocycles. The van der Waals surface area contributed by atoms with Crippen LogP contribution in [0.25, 0.3) is 16.9 Å². The van der Waals surface area contributed by atoms with Gasteiger partial charge in [0.15, 0.2) is 5.82 Å². The van der Waals surface area contributed by atoms with E-state index in [9.17, 15) is 17.2 Å². The van der Waals surface area contributed by atoms with Crippen molar-refractivity contribution in [1.29, 1.82) is 0 Å². The van der Waals surface area contributed by atoms with Crippen LogP contribution in [0.2, 0.25) is 0 Å². The minimum atomic E-state index is -3.37. The Morgan fingerprint density at radius 2 is 1.57 bits per heavy atom. The molecule has 228 valence electrons. The second-order valence-corrected chi connectivity index (χ2v) is 13.5. The summed E-state index contributed by atoms with van der Waals surface area (Å²) in [5, 5.41) is 3.09. The fourth-order valence-electron chi connectivity index (χ4n) is 6.15. The second kappa shape index (κ2) is 12.3. The van der Waals surface area contributed by atoms with Crippen molar-refractivity contribution in [3.8, 4) is 5.82 Å². The molecule has 11 nitrogen and oxygen atoms in total. The molecule has 3 aliphatic rings. The number of morpholine rings is 1. The number of fused-ring (bicyclic) bond motifs is 1. The van der Waals surface area contributed by atoms with Crippen molar-refractivity contribution in [3.05, 3.63) is 36.2 Å². The Labute approximate surface area is 244 Å². The molecule has 2 aromatic heterocycles. The van der Waals surface area contributed by atoms with Gasteiger partial charge in [0.25, 0.3) is 6.43 Å². The largest absolute Gasteiger partial charge is 0.378 e. The van der Waals surface area contributed by atoms with Gasteiger partial charge in [0.1, 0.15) is 11.6 Å². The highest BCUT2D eigenvalue weighted by Gasteiger charge is 2.33. The molecule has 0 unspecified atom stereocenters. The number of imidazole rings is 1. The zero-order valence-corrected chi connectivity index (χ0v) is 24.6. The third kappa shape index (κ3) is 6.36. The first-order chi connectivity index (χ1) is 20.3.